The highest BCUT2D eigenvalue weighted by Gasteiger charge is 2.16. The summed E-state index contributed by atoms with van der Waals surface area (Å²) in [6.45, 7) is 10.5. The molecular weight excluding hydrogens is 398 g/mol. The predicted octanol–water partition coefficient (Wildman–Crippen LogP) is 2.58. The van der Waals surface area contributed by atoms with E-state index in [0.717, 1.165) is 42.9 Å². The van der Waals surface area contributed by atoms with E-state index in [2.05, 4.69) is 44.2 Å². The number of carbonyl (C=O) groups is 1. The number of amides is 1. The largest absolute Gasteiger partial charge is 0.379 e. The Morgan fingerprint density at radius 2 is 2.00 bits per heavy atom. The van der Waals surface area contributed by atoms with Crippen LogP contribution in [0.4, 0.5) is 5.69 Å². The second kappa shape index (κ2) is 11.0. The van der Waals surface area contributed by atoms with E-state index in [0.29, 0.717) is 19.8 Å². The summed E-state index contributed by atoms with van der Waals surface area (Å²) in [7, 11) is 2.16. The van der Waals surface area contributed by atoms with Gasteiger partial charge in [-0.05, 0) is 38.6 Å². The van der Waals surface area contributed by atoms with E-state index in [4.69, 9.17) is 9.47 Å². The molecule has 1 atom stereocenters. The maximum atomic E-state index is 12.2. The highest BCUT2D eigenvalue weighted by atomic mass is 79.9. The summed E-state index contributed by atoms with van der Waals surface area (Å²) in [4.78, 5) is 17.0. The molecule has 0 unspecified atom stereocenters. The Hall–Kier alpha value is -0.990. The quantitative estimate of drug-likeness (QED) is 0.613. The van der Waals surface area contributed by atoms with Crippen LogP contribution in [0.2, 0.25) is 0 Å². The molecule has 7 heteroatoms. The van der Waals surface area contributed by atoms with Gasteiger partial charge in [0.2, 0.25) is 0 Å². The zero-order valence-electron chi connectivity index (χ0n) is 16.0. The molecule has 1 amide bonds. The van der Waals surface area contributed by atoms with Gasteiger partial charge in [-0.25, -0.2) is 0 Å². The van der Waals surface area contributed by atoms with Crippen molar-refractivity contribution in [2.75, 3.05) is 58.4 Å². The molecule has 0 saturated carbocycles. The van der Waals surface area contributed by atoms with Gasteiger partial charge in [-0.15, -0.1) is 0 Å². The van der Waals surface area contributed by atoms with Crippen LogP contribution in [0.1, 0.15) is 19.4 Å². The zero-order chi connectivity index (χ0) is 18.9. The molecule has 1 aliphatic heterocycles. The minimum Gasteiger partial charge on any atom is -0.379 e. The fourth-order valence-electron chi connectivity index (χ4n) is 2.75. The Balaban J connectivity index is 1.83. The number of hydrogen-bond donors (Lipinski definition) is 1. The number of nitrogens with one attached hydrogen (secondary N) is 1. The molecule has 0 bridgehead atoms. The first kappa shape index (κ1) is 21.3. The standard InChI is InChI=1S/C19H30BrN3O3/c1-4-25-11-12-26-15(2)19(24)21-17-6-5-16(18(20)13-17)14-23-9-7-22(3)8-10-23/h5-6,13,15H,4,7-12,14H2,1-3H3,(H,21,24)/t15-/m0/s1. The third kappa shape index (κ3) is 6.96. The van der Waals surface area contributed by atoms with Crippen LogP contribution in [0.5, 0.6) is 0 Å². The van der Waals surface area contributed by atoms with Gasteiger partial charge in [0, 0.05) is 49.5 Å². The molecule has 146 valence electrons. The van der Waals surface area contributed by atoms with E-state index in [1.807, 2.05) is 19.1 Å². The average molecular weight is 428 g/mol. The number of anilines is 1. The van der Waals surface area contributed by atoms with Gasteiger partial charge < -0.3 is 19.7 Å². The minimum atomic E-state index is -0.515. The van der Waals surface area contributed by atoms with Gasteiger partial charge in [0.05, 0.1) is 13.2 Å². The van der Waals surface area contributed by atoms with Crippen LogP contribution in [0.3, 0.4) is 0 Å². The van der Waals surface area contributed by atoms with Crippen molar-refractivity contribution in [3.63, 3.8) is 0 Å². The highest BCUT2D eigenvalue weighted by Crippen LogP contribution is 2.23. The number of nitrogens with zero attached hydrogens (tertiary/aromatic N) is 2. The third-order valence-electron chi connectivity index (χ3n) is 4.48. The molecule has 1 saturated heterocycles. The van der Waals surface area contributed by atoms with Gasteiger partial charge in [0.25, 0.3) is 5.91 Å². The summed E-state index contributed by atoms with van der Waals surface area (Å²) in [6, 6.07) is 5.97. The van der Waals surface area contributed by atoms with Crippen LogP contribution in [-0.4, -0.2) is 74.9 Å². The summed E-state index contributed by atoms with van der Waals surface area (Å²) < 4.78 is 11.7. The van der Waals surface area contributed by atoms with Crippen LogP contribution < -0.4 is 5.32 Å². The third-order valence-corrected chi connectivity index (χ3v) is 5.22. The molecule has 26 heavy (non-hydrogen) atoms. The Bertz CT molecular complexity index is 577. The van der Waals surface area contributed by atoms with Crippen LogP contribution in [0.15, 0.2) is 22.7 Å². The second-order valence-electron chi connectivity index (χ2n) is 6.58. The minimum absolute atomic E-state index is 0.153. The van der Waals surface area contributed by atoms with Crippen LogP contribution >= 0.6 is 15.9 Å². The Labute approximate surface area is 164 Å². The number of hydrogen-bond acceptors (Lipinski definition) is 5. The molecule has 0 radical (unpaired) electrons. The SMILES string of the molecule is CCOCCO[C@@H](C)C(=O)Nc1ccc(CN2CCN(C)CC2)c(Br)c1. The number of benzene rings is 1. The normalized spacial score (nSPS) is 17.2. The monoisotopic (exact) mass is 427 g/mol. The van der Waals surface area contributed by atoms with E-state index in [1.165, 1.54) is 5.56 Å². The van der Waals surface area contributed by atoms with Crippen molar-refractivity contribution in [2.24, 2.45) is 0 Å². The maximum Gasteiger partial charge on any atom is 0.253 e. The lowest BCUT2D eigenvalue weighted by Gasteiger charge is -2.32. The van der Waals surface area contributed by atoms with Gasteiger partial charge in [-0.1, -0.05) is 22.0 Å². The van der Waals surface area contributed by atoms with Gasteiger partial charge >= 0.3 is 0 Å². The molecular formula is C19H30BrN3O3. The molecule has 6 nitrogen and oxygen atoms in total. The molecule has 0 spiro atoms. The average Bonchev–Trinajstić information content (AvgIpc) is 2.62. The molecule has 1 N–H and O–H groups in total. The van der Waals surface area contributed by atoms with Crippen molar-refractivity contribution in [3.05, 3.63) is 28.2 Å². The first-order valence-corrected chi connectivity index (χ1v) is 9.98. The molecule has 1 fully saturated rings. The van der Waals surface area contributed by atoms with Crippen LogP contribution in [0.25, 0.3) is 0 Å². The van der Waals surface area contributed by atoms with Gasteiger partial charge in [-0.3, -0.25) is 9.69 Å². The fourth-order valence-corrected chi connectivity index (χ4v) is 3.25. The fraction of sp³-hybridized carbons (Fsp3) is 0.632. The van der Waals surface area contributed by atoms with Crippen molar-refractivity contribution in [1.82, 2.24) is 9.80 Å². The predicted molar refractivity (Wildman–Crippen MR) is 107 cm³/mol. The van der Waals surface area contributed by atoms with Crippen LogP contribution in [0, 0.1) is 0 Å². The molecule has 2 rings (SSSR count). The summed E-state index contributed by atoms with van der Waals surface area (Å²) in [5.74, 6) is -0.153. The van der Waals surface area contributed by atoms with Crippen molar-refractivity contribution in [3.8, 4) is 0 Å². The lowest BCUT2D eigenvalue weighted by atomic mass is 10.1. The second-order valence-corrected chi connectivity index (χ2v) is 7.44. The summed E-state index contributed by atoms with van der Waals surface area (Å²) >= 11 is 3.64. The molecule has 1 aromatic rings. The summed E-state index contributed by atoms with van der Waals surface area (Å²) in [5, 5.41) is 2.91. The van der Waals surface area contributed by atoms with Crippen molar-refractivity contribution >= 4 is 27.5 Å². The van der Waals surface area contributed by atoms with Crippen LogP contribution in [-0.2, 0) is 20.8 Å². The molecule has 1 heterocycles. The van der Waals surface area contributed by atoms with E-state index in [1.54, 1.807) is 6.92 Å². The smallest absolute Gasteiger partial charge is 0.253 e. The van der Waals surface area contributed by atoms with Gasteiger partial charge in [0.1, 0.15) is 6.10 Å². The van der Waals surface area contributed by atoms with Crippen molar-refractivity contribution in [1.29, 1.82) is 0 Å². The van der Waals surface area contributed by atoms with E-state index < -0.39 is 6.10 Å². The Morgan fingerprint density at radius 1 is 1.27 bits per heavy atom. The Morgan fingerprint density at radius 3 is 2.65 bits per heavy atom. The molecule has 0 aromatic heterocycles. The first-order chi connectivity index (χ1) is 12.5. The topological polar surface area (TPSA) is 54.0 Å². The lowest BCUT2D eigenvalue weighted by molar-refractivity contribution is -0.127. The Kier molecular flexibility index (Phi) is 9.01. The number of likely N-dealkylation sites (N-methyl/N-ethyl adjacent to an activating group) is 1. The van der Waals surface area contributed by atoms with E-state index in [9.17, 15) is 4.79 Å². The molecule has 1 aliphatic rings. The summed E-state index contributed by atoms with van der Waals surface area (Å²) in [5.41, 5.74) is 2.00. The molecule has 0 aliphatic carbocycles. The highest BCUT2D eigenvalue weighted by molar-refractivity contribution is 9.10. The van der Waals surface area contributed by atoms with Crippen molar-refractivity contribution in [2.45, 2.75) is 26.5 Å². The number of carbonyl (C=O) groups excluding carboxylic acids is 1. The maximum absolute atomic E-state index is 12.2. The molecule has 1 aromatic carbocycles. The number of halogens is 1. The lowest BCUT2D eigenvalue weighted by Crippen LogP contribution is -2.43. The summed E-state index contributed by atoms with van der Waals surface area (Å²) in [6.07, 6.45) is -0.515. The van der Waals surface area contributed by atoms with Gasteiger partial charge in [0.15, 0.2) is 0 Å². The van der Waals surface area contributed by atoms with Crippen molar-refractivity contribution < 1.29 is 14.3 Å². The zero-order valence-corrected chi connectivity index (χ0v) is 17.5. The van der Waals surface area contributed by atoms with Gasteiger partial charge in [-0.2, -0.15) is 0 Å². The van der Waals surface area contributed by atoms with E-state index >= 15 is 0 Å². The first-order valence-electron chi connectivity index (χ1n) is 9.19. The number of ether oxygens (including phenoxy) is 2. The number of rotatable bonds is 9. The van der Waals surface area contributed by atoms with E-state index in [-0.39, 0.29) is 5.91 Å². The number of piperazine rings is 1.